The van der Waals surface area contributed by atoms with E-state index in [2.05, 4.69) is 5.32 Å². The molecule has 0 aromatic heterocycles. The van der Waals surface area contributed by atoms with Gasteiger partial charge in [0.2, 0.25) is 6.29 Å². The number of nitrogens with one attached hydrogen (secondary N) is 1. The fraction of sp³-hybridized carbons (Fsp3) is 0.944. The summed E-state index contributed by atoms with van der Waals surface area (Å²) in [4.78, 5) is 12.8. The highest BCUT2D eigenvalue weighted by atomic mass is 16.7. The fourth-order valence-corrected chi connectivity index (χ4v) is 3.55. The highest BCUT2D eigenvalue weighted by Gasteiger charge is 2.47. The van der Waals surface area contributed by atoms with Crippen LogP contribution in [0, 0.1) is 0 Å². The number of rotatable bonds is 10. The van der Waals surface area contributed by atoms with Crippen molar-refractivity contribution in [2.75, 3.05) is 19.8 Å². The van der Waals surface area contributed by atoms with E-state index in [0.29, 0.717) is 0 Å². The van der Waals surface area contributed by atoms with Gasteiger partial charge in [-0.15, -0.1) is 0 Å². The second-order valence-electron chi connectivity index (χ2n) is 8.07. The molecule has 0 bridgehead atoms. The fourth-order valence-electron chi connectivity index (χ4n) is 3.55. The van der Waals surface area contributed by atoms with Gasteiger partial charge in [-0.1, -0.05) is 0 Å². The first kappa shape index (κ1) is 28.2. The highest BCUT2D eigenvalue weighted by Crippen LogP contribution is 2.24. The lowest BCUT2D eigenvalue weighted by Gasteiger charge is -2.42. The van der Waals surface area contributed by atoms with Crippen molar-refractivity contribution in [2.24, 2.45) is 5.73 Å². The smallest absolute Gasteiger partial charge is 0.325 e. The summed E-state index contributed by atoms with van der Waals surface area (Å²) >= 11 is 0. The Balaban J connectivity index is 2.14. The Morgan fingerprint density at radius 1 is 0.848 bits per heavy atom. The van der Waals surface area contributed by atoms with Crippen LogP contribution in [0.4, 0.5) is 0 Å². The number of ether oxygens (including phenoxy) is 3. The van der Waals surface area contributed by atoms with E-state index in [1.54, 1.807) is 0 Å². The molecule has 0 aliphatic carbocycles. The average molecular weight is 486 g/mol. The van der Waals surface area contributed by atoms with Crippen LogP contribution in [0.2, 0.25) is 0 Å². The van der Waals surface area contributed by atoms with Gasteiger partial charge in [-0.3, -0.25) is 10.1 Å². The van der Waals surface area contributed by atoms with E-state index in [4.69, 9.17) is 19.9 Å². The van der Waals surface area contributed by atoms with Crippen LogP contribution in [0.3, 0.4) is 0 Å². The number of hydrogen-bond acceptors (Lipinski definition) is 15. The van der Waals surface area contributed by atoms with Crippen molar-refractivity contribution in [1.29, 1.82) is 0 Å². The number of nitrogens with two attached hydrogens (primary N) is 1. The third-order valence-corrected chi connectivity index (χ3v) is 5.68. The average Bonchev–Trinajstić information content (AvgIpc) is 2.81. The quantitative estimate of drug-likeness (QED) is 0.128. The Morgan fingerprint density at radius 2 is 1.39 bits per heavy atom. The Hall–Kier alpha value is -1.05. The Labute approximate surface area is 188 Å². The maximum absolute atomic E-state index is 12.8. The van der Waals surface area contributed by atoms with Crippen molar-refractivity contribution in [3.63, 3.8) is 0 Å². The summed E-state index contributed by atoms with van der Waals surface area (Å²) in [7, 11) is 0. The Morgan fingerprint density at radius 3 is 1.94 bits per heavy atom. The lowest BCUT2D eigenvalue weighted by atomic mass is 9.97. The molecule has 2 aliphatic rings. The van der Waals surface area contributed by atoms with Crippen molar-refractivity contribution in [3.8, 4) is 0 Å². The summed E-state index contributed by atoms with van der Waals surface area (Å²) in [6.07, 6.45) is -17.3. The molecule has 0 radical (unpaired) electrons. The molecule has 0 saturated carbocycles. The number of hydrogen-bond donors (Lipinski definition) is 11. The molecule has 15 heteroatoms. The van der Waals surface area contributed by atoms with Gasteiger partial charge < -0.3 is 65.9 Å². The molecule has 194 valence electrons. The van der Waals surface area contributed by atoms with Gasteiger partial charge in [-0.05, 0) is 12.8 Å². The van der Waals surface area contributed by atoms with E-state index in [0.717, 1.165) is 0 Å². The summed E-state index contributed by atoms with van der Waals surface area (Å²) in [5.74, 6) is -1.10. The van der Waals surface area contributed by atoms with Crippen molar-refractivity contribution in [1.82, 2.24) is 5.32 Å². The minimum Gasteiger partial charge on any atom is -0.432 e. The molecule has 2 rings (SSSR count). The molecule has 12 N–H and O–H groups in total. The van der Waals surface area contributed by atoms with Crippen LogP contribution in [-0.4, -0.2) is 145 Å². The first-order chi connectivity index (χ1) is 15.5. The molecule has 2 fully saturated rings. The van der Waals surface area contributed by atoms with Gasteiger partial charge in [0.15, 0.2) is 0 Å². The predicted octanol–water partition coefficient (Wildman–Crippen LogP) is -6.81. The van der Waals surface area contributed by atoms with Gasteiger partial charge >= 0.3 is 5.97 Å². The van der Waals surface area contributed by atoms with Crippen LogP contribution in [0.25, 0.3) is 0 Å². The van der Waals surface area contributed by atoms with Crippen LogP contribution in [0.1, 0.15) is 12.8 Å². The lowest BCUT2D eigenvalue weighted by molar-refractivity contribution is -0.293. The van der Waals surface area contributed by atoms with Gasteiger partial charge in [0.05, 0.1) is 19.3 Å². The van der Waals surface area contributed by atoms with Gasteiger partial charge in [0.1, 0.15) is 61.1 Å². The largest absolute Gasteiger partial charge is 0.432 e. The molecule has 2 aliphatic heterocycles. The second kappa shape index (κ2) is 12.6. The first-order valence-electron chi connectivity index (χ1n) is 10.5. The van der Waals surface area contributed by atoms with Crippen LogP contribution in [0.5, 0.6) is 0 Å². The lowest BCUT2D eigenvalue weighted by Crippen LogP contribution is -2.65. The molecule has 3 unspecified atom stereocenters. The standard InChI is InChI=1S/C18H34N2O13/c19-3-6(23)1-2-7(20-16-14(28)12(26)10(24)8(4-21)31-16)17(30)33-18-15(29)13(27)11(25)9(5-22)32-18/h6-16,18,20-29H,1-5,19H2/t6?,7-,8+,9+,10-,11+,12-,13-,14+,15+,16?,18?/m0/s1. The summed E-state index contributed by atoms with van der Waals surface area (Å²) in [6, 6.07) is -1.35. The van der Waals surface area contributed by atoms with E-state index in [1.165, 1.54) is 0 Å². The molecule has 0 aromatic carbocycles. The monoisotopic (exact) mass is 486 g/mol. The van der Waals surface area contributed by atoms with Gasteiger partial charge in [-0.2, -0.15) is 0 Å². The van der Waals surface area contributed by atoms with E-state index in [9.17, 15) is 50.8 Å². The SMILES string of the molecule is NCC(O)CC[C@H](NC1O[C@H](CO)[C@H](O)[C@H](O)[C@H]1O)C(=O)OC1O[C@H](CO)[C@@H](O)[C@H](O)[C@H]1O. The number of carbonyl (C=O) groups excluding carboxylic acids is 1. The maximum atomic E-state index is 12.8. The summed E-state index contributed by atoms with van der Waals surface area (Å²) < 4.78 is 15.5. The molecule has 15 nitrogen and oxygen atoms in total. The second-order valence-corrected chi connectivity index (χ2v) is 8.07. The zero-order chi connectivity index (χ0) is 24.9. The van der Waals surface area contributed by atoms with Gasteiger partial charge in [0, 0.05) is 6.54 Å². The molecule has 12 atom stereocenters. The van der Waals surface area contributed by atoms with Crippen molar-refractivity contribution in [2.45, 2.75) is 86.3 Å². The van der Waals surface area contributed by atoms with Crippen molar-refractivity contribution < 1.29 is 65.0 Å². The van der Waals surface area contributed by atoms with E-state index in [1.807, 2.05) is 0 Å². The Kier molecular flexibility index (Phi) is 10.8. The van der Waals surface area contributed by atoms with Crippen LogP contribution in [0.15, 0.2) is 0 Å². The maximum Gasteiger partial charge on any atom is 0.325 e. The molecule has 2 heterocycles. The summed E-state index contributed by atoms with van der Waals surface area (Å²) in [5, 5.41) is 90.7. The minimum atomic E-state index is -1.85. The third kappa shape index (κ3) is 6.76. The van der Waals surface area contributed by atoms with Crippen LogP contribution >= 0.6 is 0 Å². The Bertz CT molecular complexity index is 612. The zero-order valence-electron chi connectivity index (χ0n) is 17.7. The highest BCUT2D eigenvalue weighted by molar-refractivity contribution is 5.76. The number of esters is 1. The molecule has 33 heavy (non-hydrogen) atoms. The minimum absolute atomic E-state index is 0.0185. The van der Waals surface area contributed by atoms with Crippen molar-refractivity contribution in [3.05, 3.63) is 0 Å². The first-order valence-corrected chi connectivity index (χ1v) is 10.5. The molecule has 0 aromatic rings. The van der Waals surface area contributed by atoms with E-state index >= 15 is 0 Å². The van der Waals surface area contributed by atoms with E-state index < -0.39 is 92.7 Å². The number of carbonyl (C=O) groups is 1. The molecule has 0 amide bonds. The molecule has 2 saturated heterocycles. The van der Waals surface area contributed by atoms with Crippen LogP contribution in [-0.2, 0) is 19.0 Å². The summed E-state index contributed by atoms with van der Waals surface area (Å²) in [5.41, 5.74) is 5.37. The van der Waals surface area contributed by atoms with E-state index in [-0.39, 0.29) is 19.4 Å². The predicted molar refractivity (Wildman–Crippen MR) is 105 cm³/mol. The number of aliphatic hydroxyl groups excluding tert-OH is 9. The topological polar surface area (TPSA) is 265 Å². The molecular formula is C18H34N2O13. The van der Waals surface area contributed by atoms with Gasteiger partial charge in [-0.25, -0.2) is 0 Å². The number of aliphatic hydroxyl groups is 9. The van der Waals surface area contributed by atoms with Gasteiger partial charge in [0.25, 0.3) is 0 Å². The summed E-state index contributed by atoms with van der Waals surface area (Å²) in [6.45, 7) is -1.56. The normalized spacial score (nSPS) is 41.4. The zero-order valence-corrected chi connectivity index (χ0v) is 17.7. The van der Waals surface area contributed by atoms with Crippen molar-refractivity contribution >= 4 is 5.97 Å². The molecular weight excluding hydrogens is 452 g/mol. The third-order valence-electron chi connectivity index (χ3n) is 5.68. The molecule has 0 spiro atoms. The van der Waals surface area contributed by atoms with Crippen LogP contribution < -0.4 is 11.1 Å².